The number of thioether (sulfide) groups is 1. The van der Waals surface area contributed by atoms with E-state index in [2.05, 4.69) is 5.32 Å². The SMILES string of the molecule is CC(CNC(=O)C1Cc2ccccc2S1)CC(=O)O. The van der Waals surface area contributed by atoms with Crippen molar-refractivity contribution < 1.29 is 14.7 Å². The minimum atomic E-state index is -0.829. The van der Waals surface area contributed by atoms with Crippen LogP contribution in [-0.2, 0) is 16.0 Å². The number of benzene rings is 1. The van der Waals surface area contributed by atoms with Gasteiger partial charge in [-0.1, -0.05) is 25.1 Å². The smallest absolute Gasteiger partial charge is 0.303 e. The van der Waals surface area contributed by atoms with Crippen LogP contribution in [0.2, 0.25) is 0 Å². The molecule has 1 aliphatic rings. The molecule has 102 valence electrons. The molecule has 0 aromatic heterocycles. The number of carbonyl (C=O) groups is 2. The van der Waals surface area contributed by atoms with Gasteiger partial charge in [0.25, 0.3) is 0 Å². The lowest BCUT2D eigenvalue weighted by Gasteiger charge is -2.13. The second-order valence-corrected chi connectivity index (χ2v) is 6.11. The normalized spacial score (nSPS) is 18.7. The van der Waals surface area contributed by atoms with E-state index in [-0.39, 0.29) is 23.5 Å². The molecule has 0 spiro atoms. The molecule has 1 aromatic rings. The van der Waals surface area contributed by atoms with Gasteiger partial charge >= 0.3 is 5.97 Å². The van der Waals surface area contributed by atoms with Gasteiger partial charge in [0.15, 0.2) is 0 Å². The van der Waals surface area contributed by atoms with Crippen LogP contribution in [-0.4, -0.2) is 28.8 Å². The molecule has 2 unspecified atom stereocenters. The van der Waals surface area contributed by atoms with Crippen LogP contribution in [0.15, 0.2) is 29.2 Å². The lowest BCUT2D eigenvalue weighted by atomic mass is 10.1. The molecular weight excluding hydrogens is 262 g/mol. The Morgan fingerprint density at radius 2 is 2.21 bits per heavy atom. The highest BCUT2D eigenvalue weighted by atomic mass is 32.2. The van der Waals surface area contributed by atoms with Gasteiger partial charge in [-0.25, -0.2) is 0 Å². The molecule has 4 nitrogen and oxygen atoms in total. The summed E-state index contributed by atoms with van der Waals surface area (Å²) in [5.41, 5.74) is 1.21. The Balaban J connectivity index is 1.81. The summed E-state index contributed by atoms with van der Waals surface area (Å²) in [4.78, 5) is 23.7. The molecule has 0 saturated heterocycles. The van der Waals surface area contributed by atoms with Crippen molar-refractivity contribution in [2.24, 2.45) is 5.92 Å². The van der Waals surface area contributed by atoms with Crippen molar-refractivity contribution in [1.29, 1.82) is 0 Å². The number of carbonyl (C=O) groups excluding carboxylic acids is 1. The number of nitrogens with one attached hydrogen (secondary N) is 1. The fraction of sp³-hybridized carbons (Fsp3) is 0.429. The standard InChI is InChI=1S/C14H17NO3S/c1-9(6-13(16)17)8-15-14(18)12-7-10-4-2-3-5-11(10)19-12/h2-5,9,12H,6-8H2,1H3,(H,15,18)(H,16,17). The number of carboxylic acid groups (broad SMARTS) is 1. The van der Waals surface area contributed by atoms with Gasteiger partial charge < -0.3 is 10.4 Å². The summed E-state index contributed by atoms with van der Waals surface area (Å²) >= 11 is 1.58. The molecule has 19 heavy (non-hydrogen) atoms. The minimum absolute atomic E-state index is 0.00145. The molecule has 2 rings (SSSR count). The van der Waals surface area contributed by atoms with Crippen LogP contribution in [0, 0.1) is 5.92 Å². The number of rotatable bonds is 5. The lowest BCUT2D eigenvalue weighted by molar-refractivity contribution is -0.138. The van der Waals surface area contributed by atoms with E-state index in [0.717, 1.165) is 6.42 Å². The second kappa shape index (κ2) is 6.10. The zero-order chi connectivity index (χ0) is 13.8. The third-order valence-electron chi connectivity index (χ3n) is 3.09. The van der Waals surface area contributed by atoms with E-state index in [9.17, 15) is 9.59 Å². The quantitative estimate of drug-likeness (QED) is 0.864. The largest absolute Gasteiger partial charge is 0.481 e. The average Bonchev–Trinajstić information content (AvgIpc) is 2.78. The fourth-order valence-corrected chi connectivity index (χ4v) is 3.31. The van der Waals surface area contributed by atoms with Crippen molar-refractivity contribution in [3.63, 3.8) is 0 Å². The van der Waals surface area contributed by atoms with Crippen LogP contribution in [0.1, 0.15) is 18.9 Å². The number of aliphatic carboxylic acids is 1. The molecule has 5 heteroatoms. The minimum Gasteiger partial charge on any atom is -0.481 e. The van der Waals surface area contributed by atoms with Crippen molar-refractivity contribution in [3.8, 4) is 0 Å². The molecule has 1 heterocycles. The van der Waals surface area contributed by atoms with Crippen molar-refractivity contribution in [3.05, 3.63) is 29.8 Å². The molecule has 1 aromatic carbocycles. The molecule has 2 N–H and O–H groups in total. The van der Waals surface area contributed by atoms with Crippen molar-refractivity contribution in [1.82, 2.24) is 5.32 Å². The zero-order valence-electron chi connectivity index (χ0n) is 10.8. The third-order valence-corrected chi connectivity index (χ3v) is 4.40. The topological polar surface area (TPSA) is 66.4 Å². The first-order chi connectivity index (χ1) is 9.06. The first-order valence-corrected chi connectivity index (χ1v) is 7.18. The predicted octanol–water partition coefficient (Wildman–Crippen LogP) is 1.93. The molecule has 0 aliphatic carbocycles. The van der Waals surface area contributed by atoms with Crippen LogP contribution < -0.4 is 5.32 Å². The number of amides is 1. The van der Waals surface area contributed by atoms with E-state index < -0.39 is 5.97 Å². The second-order valence-electron chi connectivity index (χ2n) is 4.87. The Morgan fingerprint density at radius 3 is 2.89 bits per heavy atom. The molecule has 0 saturated carbocycles. The highest BCUT2D eigenvalue weighted by Gasteiger charge is 2.27. The number of hydrogen-bond donors (Lipinski definition) is 2. The van der Waals surface area contributed by atoms with E-state index in [4.69, 9.17) is 5.11 Å². The molecule has 1 aliphatic heterocycles. The molecule has 1 amide bonds. The Kier molecular flexibility index (Phi) is 4.47. The van der Waals surface area contributed by atoms with E-state index in [1.807, 2.05) is 31.2 Å². The summed E-state index contributed by atoms with van der Waals surface area (Å²) in [5, 5.41) is 11.4. The summed E-state index contributed by atoms with van der Waals surface area (Å²) in [6, 6.07) is 8.03. The Hall–Kier alpha value is -1.49. The Labute approximate surface area is 116 Å². The number of hydrogen-bond acceptors (Lipinski definition) is 3. The Bertz CT molecular complexity index is 464. The highest BCUT2D eigenvalue weighted by Crippen LogP contribution is 2.36. The summed E-state index contributed by atoms with van der Waals surface area (Å²) in [7, 11) is 0. The molecule has 0 bridgehead atoms. The van der Waals surface area contributed by atoms with Gasteiger partial charge in [0, 0.05) is 17.9 Å². The van der Waals surface area contributed by atoms with Crippen molar-refractivity contribution >= 4 is 23.6 Å². The van der Waals surface area contributed by atoms with Crippen molar-refractivity contribution in [2.75, 3.05) is 6.54 Å². The van der Waals surface area contributed by atoms with E-state index >= 15 is 0 Å². The summed E-state index contributed by atoms with van der Waals surface area (Å²) in [6.07, 6.45) is 0.832. The lowest BCUT2D eigenvalue weighted by Crippen LogP contribution is -2.35. The van der Waals surface area contributed by atoms with Gasteiger partial charge in [0.1, 0.15) is 0 Å². The monoisotopic (exact) mass is 279 g/mol. The molecule has 2 atom stereocenters. The fourth-order valence-electron chi connectivity index (χ4n) is 2.09. The van der Waals surface area contributed by atoms with Crippen LogP contribution in [0.5, 0.6) is 0 Å². The summed E-state index contributed by atoms with van der Waals surface area (Å²) in [6.45, 7) is 2.24. The van der Waals surface area contributed by atoms with Gasteiger partial charge in [-0.15, -0.1) is 11.8 Å². The Morgan fingerprint density at radius 1 is 1.47 bits per heavy atom. The number of carboxylic acids is 1. The van der Waals surface area contributed by atoms with Crippen LogP contribution in [0.3, 0.4) is 0 Å². The maximum absolute atomic E-state index is 12.0. The average molecular weight is 279 g/mol. The van der Waals surface area contributed by atoms with E-state index in [1.54, 1.807) is 11.8 Å². The highest BCUT2D eigenvalue weighted by molar-refractivity contribution is 8.01. The molecule has 0 radical (unpaired) electrons. The van der Waals surface area contributed by atoms with Gasteiger partial charge in [-0.3, -0.25) is 9.59 Å². The first-order valence-electron chi connectivity index (χ1n) is 6.30. The number of fused-ring (bicyclic) bond motifs is 1. The first kappa shape index (κ1) is 13.9. The van der Waals surface area contributed by atoms with Crippen LogP contribution >= 0.6 is 11.8 Å². The maximum atomic E-state index is 12.0. The zero-order valence-corrected chi connectivity index (χ0v) is 11.6. The maximum Gasteiger partial charge on any atom is 0.303 e. The van der Waals surface area contributed by atoms with Gasteiger partial charge in [-0.05, 0) is 24.0 Å². The molecular formula is C14H17NO3S. The van der Waals surface area contributed by atoms with Crippen molar-refractivity contribution in [2.45, 2.75) is 29.9 Å². The van der Waals surface area contributed by atoms with Gasteiger partial charge in [-0.2, -0.15) is 0 Å². The summed E-state index contributed by atoms with van der Waals surface area (Å²) < 4.78 is 0. The van der Waals surface area contributed by atoms with Gasteiger partial charge in [0.2, 0.25) is 5.91 Å². The van der Waals surface area contributed by atoms with Crippen LogP contribution in [0.25, 0.3) is 0 Å². The predicted molar refractivity (Wildman–Crippen MR) is 74.2 cm³/mol. The van der Waals surface area contributed by atoms with E-state index in [1.165, 1.54) is 10.5 Å². The van der Waals surface area contributed by atoms with Crippen LogP contribution in [0.4, 0.5) is 0 Å². The van der Waals surface area contributed by atoms with Gasteiger partial charge in [0.05, 0.1) is 5.25 Å². The van der Waals surface area contributed by atoms with E-state index in [0.29, 0.717) is 6.54 Å². The third kappa shape index (κ3) is 3.73. The summed E-state index contributed by atoms with van der Waals surface area (Å²) in [5.74, 6) is -0.877. The molecule has 0 fully saturated rings.